The fourth-order valence-corrected chi connectivity index (χ4v) is 3.35. The van der Waals surface area contributed by atoms with Crippen molar-refractivity contribution < 1.29 is 9.47 Å². The Bertz CT molecular complexity index is 645. The van der Waals surface area contributed by atoms with E-state index in [4.69, 9.17) is 21.1 Å². The molecule has 21 heavy (non-hydrogen) atoms. The van der Waals surface area contributed by atoms with Crippen LogP contribution in [0.15, 0.2) is 17.5 Å². The van der Waals surface area contributed by atoms with Crippen molar-refractivity contribution in [3.8, 4) is 5.75 Å². The van der Waals surface area contributed by atoms with Crippen molar-refractivity contribution >= 4 is 22.9 Å². The first-order valence-corrected chi connectivity index (χ1v) is 7.99. The van der Waals surface area contributed by atoms with Gasteiger partial charge in [-0.3, -0.25) is 4.90 Å². The van der Waals surface area contributed by atoms with Crippen molar-refractivity contribution in [1.82, 2.24) is 9.88 Å². The Hall–Kier alpha value is -1.14. The molecule has 2 aromatic rings. The number of aryl methyl sites for hydroxylation is 1. The predicted octanol–water partition coefficient (Wildman–Crippen LogP) is 3.60. The van der Waals surface area contributed by atoms with Gasteiger partial charge in [0.15, 0.2) is 6.79 Å². The maximum absolute atomic E-state index is 6.19. The predicted molar refractivity (Wildman–Crippen MR) is 83.8 cm³/mol. The number of benzene rings is 1. The van der Waals surface area contributed by atoms with Crippen LogP contribution in [0.1, 0.15) is 21.8 Å². The summed E-state index contributed by atoms with van der Waals surface area (Å²) in [4.78, 5) is 6.70. The third-order valence-corrected chi connectivity index (χ3v) is 4.33. The van der Waals surface area contributed by atoms with Gasteiger partial charge in [0.2, 0.25) is 0 Å². The van der Waals surface area contributed by atoms with E-state index in [2.05, 4.69) is 22.3 Å². The van der Waals surface area contributed by atoms with Crippen molar-refractivity contribution in [3.63, 3.8) is 0 Å². The molecule has 0 aliphatic carbocycles. The molecule has 4 nitrogen and oxygen atoms in total. The first-order valence-electron chi connectivity index (χ1n) is 6.73. The van der Waals surface area contributed by atoms with E-state index >= 15 is 0 Å². The summed E-state index contributed by atoms with van der Waals surface area (Å²) < 4.78 is 10.9. The summed E-state index contributed by atoms with van der Waals surface area (Å²) in [7, 11) is 2.07. The zero-order chi connectivity index (χ0) is 14.8. The van der Waals surface area contributed by atoms with Crippen LogP contribution in [-0.2, 0) is 24.4 Å². The van der Waals surface area contributed by atoms with Crippen LogP contribution in [-0.4, -0.2) is 23.7 Å². The third kappa shape index (κ3) is 3.55. The van der Waals surface area contributed by atoms with Gasteiger partial charge in [-0.05, 0) is 26.1 Å². The lowest BCUT2D eigenvalue weighted by Gasteiger charge is -2.23. The number of nitrogens with zero attached hydrogens (tertiary/aromatic N) is 2. The van der Waals surface area contributed by atoms with Crippen molar-refractivity contribution in [1.29, 1.82) is 0 Å². The minimum Gasteiger partial charge on any atom is -0.467 e. The lowest BCUT2D eigenvalue weighted by molar-refractivity contribution is -0.0174. The van der Waals surface area contributed by atoms with Crippen LogP contribution in [0.5, 0.6) is 5.75 Å². The van der Waals surface area contributed by atoms with Crippen LogP contribution in [0.25, 0.3) is 0 Å². The van der Waals surface area contributed by atoms with E-state index in [0.29, 0.717) is 13.4 Å². The maximum atomic E-state index is 6.19. The number of ether oxygens (including phenoxy) is 2. The molecule has 0 bridgehead atoms. The lowest BCUT2D eigenvalue weighted by Crippen LogP contribution is -2.20. The van der Waals surface area contributed by atoms with Gasteiger partial charge in [-0.2, -0.15) is 0 Å². The minimum atomic E-state index is 0.302. The highest BCUT2D eigenvalue weighted by atomic mass is 35.5. The average molecular weight is 325 g/mol. The summed E-state index contributed by atoms with van der Waals surface area (Å²) in [5, 5.41) is 3.92. The highest BCUT2D eigenvalue weighted by Gasteiger charge is 2.17. The summed E-state index contributed by atoms with van der Waals surface area (Å²) in [6.45, 7) is 4.45. The van der Waals surface area contributed by atoms with Crippen LogP contribution in [0.4, 0.5) is 0 Å². The largest absolute Gasteiger partial charge is 0.467 e. The molecule has 0 saturated heterocycles. The molecule has 112 valence electrons. The van der Waals surface area contributed by atoms with Gasteiger partial charge in [0.25, 0.3) is 0 Å². The van der Waals surface area contributed by atoms with Gasteiger partial charge in [-0.1, -0.05) is 11.6 Å². The average Bonchev–Trinajstić information content (AvgIpc) is 2.83. The number of rotatable bonds is 4. The van der Waals surface area contributed by atoms with Crippen LogP contribution in [0.2, 0.25) is 5.02 Å². The second kappa shape index (κ2) is 6.32. The van der Waals surface area contributed by atoms with Gasteiger partial charge >= 0.3 is 0 Å². The molecule has 1 aromatic carbocycles. The van der Waals surface area contributed by atoms with E-state index in [-0.39, 0.29) is 0 Å². The molecule has 6 heteroatoms. The van der Waals surface area contributed by atoms with Gasteiger partial charge in [0.1, 0.15) is 5.75 Å². The monoisotopic (exact) mass is 324 g/mol. The highest BCUT2D eigenvalue weighted by Crippen LogP contribution is 2.32. The molecule has 2 heterocycles. The van der Waals surface area contributed by atoms with E-state index < -0.39 is 0 Å². The fraction of sp³-hybridized carbons (Fsp3) is 0.400. The van der Waals surface area contributed by atoms with Crippen LogP contribution in [0, 0.1) is 6.92 Å². The van der Waals surface area contributed by atoms with Gasteiger partial charge in [0.05, 0.1) is 17.3 Å². The zero-order valence-corrected chi connectivity index (χ0v) is 13.6. The molecule has 1 aliphatic heterocycles. The molecule has 1 aromatic heterocycles. The van der Waals surface area contributed by atoms with E-state index in [1.165, 1.54) is 0 Å². The normalized spacial score (nSPS) is 14.1. The second-order valence-electron chi connectivity index (χ2n) is 5.19. The zero-order valence-electron chi connectivity index (χ0n) is 12.1. The topological polar surface area (TPSA) is 34.6 Å². The van der Waals surface area contributed by atoms with Crippen LogP contribution in [0.3, 0.4) is 0 Å². The summed E-state index contributed by atoms with van der Waals surface area (Å²) in [6.07, 6.45) is 0. The van der Waals surface area contributed by atoms with Crippen molar-refractivity contribution in [2.24, 2.45) is 0 Å². The number of halogens is 1. The lowest BCUT2D eigenvalue weighted by atomic mass is 10.1. The summed E-state index contributed by atoms with van der Waals surface area (Å²) >= 11 is 7.87. The standard InChI is InChI=1S/C15H17ClN2O2S/c1-10-17-14(8-21-10)6-18(2)5-11-3-13(16)4-12-7-19-9-20-15(11)12/h3-4,8H,5-7,9H2,1-2H3. The number of fused-ring (bicyclic) bond motifs is 1. The van der Waals surface area contributed by atoms with Crippen LogP contribution >= 0.6 is 22.9 Å². The van der Waals surface area contributed by atoms with Gasteiger partial charge < -0.3 is 9.47 Å². The highest BCUT2D eigenvalue weighted by molar-refractivity contribution is 7.09. The summed E-state index contributed by atoms with van der Waals surface area (Å²) in [6, 6.07) is 3.87. The number of aromatic nitrogens is 1. The van der Waals surface area contributed by atoms with E-state index in [0.717, 1.165) is 45.7 Å². The first kappa shape index (κ1) is 14.8. The minimum absolute atomic E-state index is 0.302. The quantitative estimate of drug-likeness (QED) is 0.860. The molecule has 0 saturated carbocycles. The molecule has 0 amide bonds. The Labute approximate surface area is 133 Å². The Balaban J connectivity index is 1.76. The SMILES string of the molecule is Cc1nc(CN(C)Cc2cc(Cl)cc3c2OCOC3)cs1. The molecule has 0 unspecified atom stereocenters. The summed E-state index contributed by atoms with van der Waals surface area (Å²) in [5.41, 5.74) is 3.21. The number of hydrogen-bond acceptors (Lipinski definition) is 5. The van der Waals surface area contributed by atoms with E-state index in [1.54, 1.807) is 11.3 Å². The van der Waals surface area contributed by atoms with Gasteiger partial charge in [-0.15, -0.1) is 11.3 Å². The van der Waals surface area contributed by atoms with Gasteiger partial charge in [0, 0.05) is 34.6 Å². The smallest absolute Gasteiger partial charge is 0.189 e. The number of thiazole rings is 1. The molecule has 0 atom stereocenters. The number of hydrogen-bond donors (Lipinski definition) is 0. The molecule has 0 fully saturated rings. The second-order valence-corrected chi connectivity index (χ2v) is 6.69. The fourth-order valence-electron chi connectivity index (χ4n) is 2.48. The molecule has 1 aliphatic rings. The first-order chi connectivity index (χ1) is 10.1. The Morgan fingerprint density at radius 3 is 3.00 bits per heavy atom. The Kier molecular flexibility index (Phi) is 4.45. The third-order valence-electron chi connectivity index (χ3n) is 3.29. The van der Waals surface area contributed by atoms with Crippen molar-refractivity contribution in [2.75, 3.05) is 13.8 Å². The molecule has 0 N–H and O–H groups in total. The van der Waals surface area contributed by atoms with Crippen molar-refractivity contribution in [3.05, 3.63) is 44.4 Å². The van der Waals surface area contributed by atoms with E-state index in [1.807, 2.05) is 19.1 Å². The van der Waals surface area contributed by atoms with Crippen molar-refractivity contribution in [2.45, 2.75) is 26.6 Å². The molecular formula is C15H17ClN2O2S. The van der Waals surface area contributed by atoms with Gasteiger partial charge in [-0.25, -0.2) is 4.98 Å². The molecular weight excluding hydrogens is 308 g/mol. The van der Waals surface area contributed by atoms with E-state index in [9.17, 15) is 0 Å². The molecule has 0 spiro atoms. The maximum Gasteiger partial charge on any atom is 0.189 e. The summed E-state index contributed by atoms with van der Waals surface area (Å²) in [5.74, 6) is 0.909. The Morgan fingerprint density at radius 2 is 2.24 bits per heavy atom. The molecule has 3 rings (SSSR count). The Morgan fingerprint density at radius 1 is 1.38 bits per heavy atom. The van der Waals surface area contributed by atoms with Crippen LogP contribution < -0.4 is 4.74 Å². The molecule has 0 radical (unpaired) electrons.